The Hall–Kier alpha value is -1.95. The molecule has 1 N–H and O–H groups in total. The summed E-state index contributed by atoms with van der Waals surface area (Å²) in [6.07, 6.45) is 7.69. The van der Waals surface area contributed by atoms with Gasteiger partial charge in [-0.05, 0) is 80.5 Å². The van der Waals surface area contributed by atoms with Crippen LogP contribution in [0, 0.1) is 17.7 Å². The van der Waals surface area contributed by atoms with E-state index in [9.17, 15) is 14.0 Å². The van der Waals surface area contributed by atoms with Gasteiger partial charge in [-0.25, -0.2) is 4.39 Å². The third-order valence-corrected chi connectivity index (χ3v) is 8.03. The number of nitrogens with zero attached hydrogens (tertiary/aromatic N) is 2. The molecule has 1 saturated heterocycles. The number of likely N-dealkylation sites (tertiary alicyclic amines) is 1. The lowest BCUT2D eigenvalue weighted by Crippen LogP contribution is -2.50. The van der Waals surface area contributed by atoms with E-state index in [1.165, 1.54) is 44.7 Å². The number of carbonyl (C=O) groups excluding carboxylic acids is 2. The van der Waals surface area contributed by atoms with Gasteiger partial charge >= 0.3 is 0 Å². The van der Waals surface area contributed by atoms with Crippen LogP contribution in [0.15, 0.2) is 18.2 Å². The Kier molecular flexibility index (Phi) is 7.18. The number of benzene rings is 1. The van der Waals surface area contributed by atoms with Gasteiger partial charge in [0.15, 0.2) is 0 Å². The Labute approximate surface area is 191 Å². The summed E-state index contributed by atoms with van der Waals surface area (Å²) in [5.74, 6) is 0.920. The van der Waals surface area contributed by atoms with Crippen molar-refractivity contribution in [1.29, 1.82) is 0 Å². The van der Waals surface area contributed by atoms with Crippen molar-refractivity contribution in [3.8, 4) is 0 Å². The predicted molar refractivity (Wildman–Crippen MR) is 125 cm³/mol. The summed E-state index contributed by atoms with van der Waals surface area (Å²) in [4.78, 5) is 29.3. The Morgan fingerprint density at radius 3 is 2.41 bits per heavy atom. The average Bonchev–Trinajstić information content (AvgIpc) is 3.04. The summed E-state index contributed by atoms with van der Waals surface area (Å²) in [5, 5.41) is 2.77. The van der Waals surface area contributed by atoms with Crippen LogP contribution >= 0.6 is 0 Å². The molecular weight excluding hydrogens is 405 g/mol. The van der Waals surface area contributed by atoms with Crippen molar-refractivity contribution in [3.63, 3.8) is 0 Å². The molecule has 1 aromatic rings. The lowest BCUT2D eigenvalue weighted by molar-refractivity contribution is -0.121. The average molecular weight is 444 g/mol. The molecule has 2 aliphatic heterocycles. The minimum absolute atomic E-state index is 0.0619. The van der Waals surface area contributed by atoms with Gasteiger partial charge in [0, 0.05) is 44.3 Å². The molecule has 1 unspecified atom stereocenters. The van der Waals surface area contributed by atoms with E-state index in [4.69, 9.17) is 0 Å². The van der Waals surface area contributed by atoms with Gasteiger partial charge in [0.05, 0.1) is 5.92 Å². The Morgan fingerprint density at radius 1 is 1.09 bits per heavy atom. The molecule has 6 heteroatoms. The number of halogens is 1. The molecular formula is C26H38FN3O2. The fraction of sp³-hybridized carbons (Fsp3) is 0.692. The molecule has 1 saturated carbocycles. The number of carbonyl (C=O) groups is 2. The van der Waals surface area contributed by atoms with Crippen LogP contribution in [-0.2, 0) is 9.59 Å². The van der Waals surface area contributed by atoms with Crippen LogP contribution in [-0.4, -0.2) is 48.4 Å². The molecule has 32 heavy (non-hydrogen) atoms. The van der Waals surface area contributed by atoms with Gasteiger partial charge in [-0.2, -0.15) is 0 Å². The van der Waals surface area contributed by atoms with E-state index in [0.29, 0.717) is 19.0 Å². The molecule has 3 aliphatic rings. The molecule has 1 atom stereocenters. The van der Waals surface area contributed by atoms with Crippen LogP contribution < -0.4 is 10.2 Å². The van der Waals surface area contributed by atoms with Crippen molar-refractivity contribution in [2.75, 3.05) is 24.5 Å². The van der Waals surface area contributed by atoms with Gasteiger partial charge in [0.2, 0.25) is 11.8 Å². The maximum Gasteiger partial charge on any atom is 0.234 e. The van der Waals surface area contributed by atoms with Gasteiger partial charge in [-0.15, -0.1) is 0 Å². The van der Waals surface area contributed by atoms with Crippen LogP contribution in [0.5, 0.6) is 0 Å². The highest BCUT2D eigenvalue weighted by atomic mass is 19.1. The Bertz CT molecular complexity index is 826. The molecule has 1 aliphatic carbocycles. The van der Waals surface area contributed by atoms with Gasteiger partial charge in [0.1, 0.15) is 5.82 Å². The van der Waals surface area contributed by atoms with Crippen LogP contribution in [0.4, 0.5) is 10.1 Å². The summed E-state index contributed by atoms with van der Waals surface area (Å²) in [5.41, 5.74) is 1.63. The zero-order valence-corrected chi connectivity index (χ0v) is 19.8. The maximum atomic E-state index is 14.0. The van der Waals surface area contributed by atoms with Crippen LogP contribution in [0.3, 0.4) is 0 Å². The number of hydrogen-bond donors (Lipinski definition) is 1. The summed E-state index contributed by atoms with van der Waals surface area (Å²) in [6.45, 7) is 8.64. The SMILES string of the molecule is CC(=O)NCCC1C(=O)N(C2CCN([C@H]3CC[C@@H](C(C)C)CC3)CC2)c2ccc(F)cc21. The van der Waals surface area contributed by atoms with Gasteiger partial charge < -0.3 is 15.1 Å². The second-order valence-corrected chi connectivity index (χ2v) is 10.3. The molecule has 0 bridgehead atoms. The normalized spacial score (nSPS) is 27.1. The first-order valence-corrected chi connectivity index (χ1v) is 12.5. The van der Waals surface area contributed by atoms with Gasteiger partial charge in [-0.3, -0.25) is 9.59 Å². The summed E-state index contributed by atoms with van der Waals surface area (Å²) >= 11 is 0. The zero-order chi connectivity index (χ0) is 22.8. The van der Waals surface area contributed by atoms with Crippen molar-refractivity contribution < 1.29 is 14.0 Å². The van der Waals surface area contributed by atoms with Crippen molar-refractivity contribution >= 4 is 17.5 Å². The van der Waals surface area contributed by atoms with E-state index in [2.05, 4.69) is 24.1 Å². The number of fused-ring (bicyclic) bond motifs is 1. The van der Waals surface area contributed by atoms with Crippen molar-refractivity contribution in [3.05, 3.63) is 29.6 Å². The minimum Gasteiger partial charge on any atom is -0.356 e. The minimum atomic E-state index is -0.378. The number of piperidine rings is 1. The van der Waals surface area contributed by atoms with Crippen LogP contribution in [0.25, 0.3) is 0 Å². The molecule has 176 valence electrons. The molecule has 2 amide bonds. The summed E-state index contributed by atoms with van der Waals surface area (Å²) < 4.78 is 14.0. The molecule has 0 spiro atoms. The van der Waals surface area contributed by atoms with E-state index in [1.807, 2.05) is 4.90 Å². The second kappa shape index (κ2) is 9.90. The standard InChI is InChI=1S/C26H38FN3O2/c1-17(2)19-4-7-21(8-5-19)29-14-11-22(12-15-29)30-25-9-6-20(27)16-24(25)23(26(30)32)10-13-28-18(3)31/h6,9,16-17,19,21-23H,4-5,7-8,10-15H2,1-3H3,(H,28,31)/t19-,21+,23?. The molecule has 4 rings (SSSR count). The third kappa shape index (κ3) is 4.85. The topological polar surface area (TPSA) is 52.7 Å². The molecule has 2 heterocycles. The molecule has 2 fully saturated rings. The van der Waals surface area contributed by atoms with Gasteiger partial charge in [0.25, 0.3) is 0 Å². The molecule has 0 radical (unpaired) electrons. The molecule has 5 nitrogen and oxygen atoms in total. The Morgan fingerprint density at radius 2 is 1.78 bits per heavy atom. The van der Waals surface area contributed by atoms with Gasteiger partial charge in [-0.1, -0.05) is 13.8 Å². The molecule has 1 aromatic carbocycles. The van der Waals surface area contributed by atoms with Crippen molar-refractivity contribution in [1.82, 2.24) is 10.2 Å². The van der Waals surface area contributed by atoms with Crippen LogP contribution in [0.1, 0.15) is 77.2 Å². The Balaban J connectivity index is 1.40. The molecule has 0 aromatic heterocycles. The van der Waals surface area contributed by atoms with E-state index in [-0.39, 0.29) is 29.6 Å². The lowest BCUT2D eigenvalue weighted by Gasteiger charge is -2.43. The first kappa shape index (κ1) is 23.2. The largest absolute Gasteiger partial charge is 0.356 e. The first-order chi connectivity index (χ1) is 15.3. The highest BCUT2D eigenvalue weighted by Crippen LogP contribution is 2.42. The predicted octanol–water partition coefficient (Wildman–Crippen LogP) is 4.46. The number of anilines is 1. The number of amides is 2. The second-order valence-electron chi connectivity index (χ2n) is 10.3. The number of nitrogens with one attached hydrogen (secondary N) is 1. The van der Waals surface area contributed by atoms with E-state index >= 15 is 0 Å². The quantitative estimate of drug-likeness (QED) is 0.706. The monoisotopic (exact) mass is 443 g/mol. The van der Waals surface area contributed by atoms with Crippen molar-refractivity contribution in [2.45, 2.75) is 83.7 Å². The fourth-order valence-electron chi connectivity index (χ4n) is 6.13. The van der Waals surface area contributed by atoms with E-state index < -0.39 is 0 Å². The summed E-state index contributed by atoms with van der Waals surface area (Å²) in [6, 6.07) is 5.58. The highest BCUT2D eigenvalue weighted by Gasteiger charge is 2.42. The summed E-state index contributed by atoms with van der Waals surface area (Å²) in [7, 11) is 0. The third-order valence-electron chi connectivity index (χ3n) is 8.03. The van der Waals surface area contributed by atoms with Crippen molar-refractivity contribution in [2.24, 2.45) is 11.8 Å². The lowest BCUT2D eigenvalue weighted by atomic mass is 9.79. The highest BCUT2D eigenvalue weighted by molar-refractivity contribution is 6.05. The van der Waals surface area contributed by atoms with Crippen LogP contribution in [0.2, 0.25) is 0 Å². The maximum absolute atomic E-state index is 14.0. The number of hydrogen-bond acceptors (Lipinski definition) is 3. The number of rotatable bonds is 6. The smallest absolute Gasteiger partial charge is 0.234 e. The zero-order valence-electron chi connectivity index (χ0n) is 19.8. The van der Waals surface area contributed by atoms with E-state index in [0.717, 1.165) is 49.0 Å². The van der Waals surface area contributed by atoms with E-state index in [1.54, 1.807) is 6.07 Å². The fourth-order valence-corrected chi connectivity index (χ4v) is 6.13. The first-order valence-electron chi connectivity index (χ1n) is 12.5.